The van der Waals surface area contributed by atoms with Crippen LogP contribution in [0, 0.1) is 0 Å². The van der Waals surface area contributed by atoms with Crippen LogP contribution in [0.1, 0.15) is 41.9 Å². The van der Waals surface area contributed by atoms with Crippen molar-refractivity contribution in [3.05, 3.63) is 70.3 Å². The lowest BCUT2D eigenvalue weighted by Gasteiger charge is -2.15. The number of hydrogen-bond donors (Lipinski definition) is 1. The van der Waals surface area contributed by atoms with Crippen molar-refractivity contribution in [2.24, 2.45) is 0 Å². The van der Waals surface area contributed by atoms with Gasteiger partial charge in [0.1, 0.15) is 5.82 Å². The molecule has 2 heterocycles. The zero-order valence-electron chi connectivity index (χ0n) is 18.5. The topological polar surface area (TPSA) is 126 Å². The maximum atomic E-state index is 12.6. The summed E-state index contributed by atoms with van der Waals surface area (Å²) in [5.41, 5.74) is 0.632. The van der Waals surface area contributed by atoms with Gasteiger partial charge in [0.25, 0.3) is 5.56 Å². The van der Waals surface area contributed by atoms with Crippen LogP contribution in [0.25, 0.3) is 10.9 Å². The zero-order valence-corrected chi connectivity index (χ0v) is 19.3. The smallest absolute Gasteiger partial charge is 0.306 e. The van der Waals surface area contributed by atoms with Gasteiger partial charge >= 0.3 is 5.97 Å². The monoisotopic (exact) mass is 483 g/mol. The number of aromatic amines is 1. The second kappa shape index (κ2) is 10.3. The van der Waals surface area contributed by atoms with E-state index in [-0.39, 0.29) is 22.4 Å². The fourth-order valence-electron chi connectivity index (χ4n) is 3.85. The molecule has 10 heteroatoms. The standard InChI is InChI=1S/C24H25N3O6S/c28-21(17-10-12-18(13-11-17)34(31,32)27-14-3-4-15-27)16-33-23(29)9-5-8-22-25-20-7-2-1-6-19(20)24(30)26-22/h1-2,6-7,10-13H,3-5,8-9,14-16H2,(H,25,26,30). The number of sulfonamides is 1. The number of carbonyl (C=O) groups is 2. The molecule has 1 aliphatic heterocycles. The minimum absolute atomic E-state index is 0.0663. The molecule has 0 bridgehead atoms. The Hall–Kier alpha value is -3.37. The predicted octanol–water partition coefficient (Wildman–Crippen LogP) is 2.46. The molecule has 3 aromatic rings. The van der Waals surface area contributed by atoms with E-state index in [0.29, 0.717) is 42.7 Å². The second-order valence-electron chi connectivity index (χ2n) is 8.10. The number of nitrogens with one attached hydrogen (secondary N) is 1. The van der Waals surface area contributed by atoms with Crippen LogP contribution in [0.15, 0.2) is 58.2 Å². The van der Waals surface area contributed by atoms with Gasteiger partial charge in [-0.05, 0) is 55.7 Å². The lowest BCUT2D eigenvalue weighted by atomic mass is 10.1. The molecule has 0 saturated carbocycles. The Morgan fingerprint density at radius 2 is 1.74 bits per heavy atom. The van der Waals surface area contributed by atoms with Gasteiger partial charge in [0.05, 0.1) is 15.8 Å². The number of Topliss-reactive ketones (excluding diaryl/α,β-unsaturated/α-hetero) is 1. The van der Waals surface area contributed by atoms with Crippen molar-refractivity contribution in [2.75, 3.05) is 19.7 Å². The van der Waals surface area contributed by atoms with E-state index in [1.165, 1.54) is 28.6 Å². The molecule has 1 saturated heterocycles. The number of nitrogens with zero attached hydrogens (tertiary/aromatic N) is 2. The van der Waals surface area contributed by atoms with Gasteiger partial charge in [0.15, 0.2) is 12.4 Å². The molecule has 1 aliphatic rings. The van der Waals surface area contributed by atoms with Gasteiger partial charge in [-0.2, -0.15) is 4.31 Å². The number of ether oxygens (including phenoxy) is 1. The van der Waals surface area contributed by atoms with Crippen LogP contribution in [-0.2, 0) is 26.0 Å². The number of aromatic nitrogens is 2. The SMILES string of the molecule is O=C(CCCc1nc2ccccc2c(=O)[nH]1)OCC(=O)c1ccc(S(=O)(=O)N2CCCC2)cc1. The average molecular weight is 484 g/mol. The van der Waals surface area contributed by atoms with Gasteiger partial charge in [-0.3, -0.25) is 14.4 Å². The van der Waals surface area contributed by atoms with E-state index >= 15 is 0 Å². The number of H-pyrrole nitrogens is 1. The Morgan fingerprint density at radius 3 is 2.47 bits per heavy atom. The van der Waals surface area contributed by atoms with E-state index in [4.69, 9.17) is 4.74 Å². The van der Waals surface area contributed by atoms with Crippen LogP contribution in [0.5, 0.6) is 0 Å². The molecular weight excluding hydrogens is 458 g/mol. The minimum Gasteiger partial charge on any atom is -0.457 e. The van der Waals surface area contributed by atoms with E-state index in [0.717, 1.165) is 12.8 Å². The van der Waals surface area contributed by atoms with Crippen LogP contribution in [0.4, 0.5) is 0 Å². The summed E-state index contributed by atoms with van der Waals surface area (Å²) in [6, 6.07) is 12.7. The third-order valence-electron chi connectivity index (χ3n) is 5.70. The first-order valence-corrected chi connectivity index (χ1v) is 12.6. The highest BCUT2D eigenvalue weighted by Crippen LogP contribution is 2.21. The predicted molar refractivity (Wildman–Crippen MR) is 125 cm³/mol. The van der Waals surface area contributed by atoms with Crippen LogP contribution >= 0.6 is 0 Å². The Balaban J connectivity index is 1.25. The van der Waals surface area contributed by atoms with Crippen molar-refractivity contribution in [3.63, 3.8) is 0 Å². The number of fused-ring (bicyclic) bond motifs is 1. The highest BCUT2D eigenvalue weighted by atomic mass is 32.2. The highest BCUT2D eigenvalue weighted by molar-refractivity contribution is 7.89. The fourth-order valence-corrected chi connectivity index (χ4v) is 5.36. The van der Waals surface area contributed by atoms with E-state index in [2.05, 4.69) is 9.97 Å². The molecule has 34 heavy (non-hydrogen) atoms. The summed E-state index contributed by atoms with van der Waals surface area (Å²) in [5, 5.41) is 0.505. The first-order chi connectivity index (χ1) is 16.3. The van der Waals surface area contributed by atoms with E-state index in [1.54, 1.807) is 24.3 Å². The molecule has 4 rings (SSSR count). The zero-order chi connectivity index (χ0) is 24.1. The number of esters is 1. The molecule has 0 atom stereocenters. The maximum Gasteiger partial charge on any atom is 0.306 e. The van der Waals surface area contributed by atoms with Gasteiger partial charge in [-0.1, -0.05) is 12.1 Å². The summed E-state index contributed by atoms with van der Waals surface area (Å²) < 4.78 is 31.6. The van der Waals surface area contributed by atoms with Crippen molar-refractivity contribution in [2.45, 2.75) is 37.0 Å². The summed E-state index contributed by atoms with van der Waals surface area (Å²) in [6.45, 7) is 0.583. The number of rotatable bonds is 9. The lowest BCUT2D eigenvalue weighted by Crippen LogP contribution is -2.27. The second-order valence-corrected chi connectivity index (χ2v) is 10.0. The summed E-state index contributed by atoms with van der Waals surface area (Å²) in [7, 11) is -3.55. The van der Waals surface area contributed by atoms with Crippen molar-refractivity contribution in [1.82, 2.24) is 14.3 Å². The average Bonchev–Trinajstić information content (AvgIpc) is 3.39. The number of aryl methyl sites for hydroxylation is 1. The molecule has 0 unspecified atom stereocenters. The Labute approximate surface area is 196 Å². The first-order valence-electron chi connectivity index (χ1n) is 11.1. The molecule has 2 aromatic carbocycles. The summed E-state index contributed by atoms with van der Waals surface area (Å²) >= 11 is 0. The first kappa shape index (κ1) is 23.8. The van der Waals surface area contributed by atoms with E-state index < -0.39 is 28.4 Å². The van der Waals surface area contributed by atoms with Crippen LogP contribution < -0.4 is 5.56 Å². The van der Waals surface area contributed by atoms with E-state index in [1.807, 2.05) is 0 Å². The third-order valence-corrected chi connectivity index (χ3v) is 7.61. The minimum atomic E-state index is -3.55. The van der Waals surface area contributed by atoms with Gasteiger partial charge in [-0.15, -0.1) is 0 Å². The molecular formula is C24H25N3O6S. The van der Waals surface area contributed by atoms with E-state index in [9.17, 15) is 22.8 Å². The fraction of sp³-hybridized carbons (Fsp3) is 0.333. The summed E-state index contributed by atoms with van der Waals surface area (Å²) in [5.74, 6) is -0.472. The van der Waals surface area contributed by atoms with Crippen molar-refractivity contribution in [3.8, 4) is 0 Å². The van der Waals surface area contributed by atoms with Gasteiger partial charge in [0.2, 0.25) is 10.0 Å². The molecule has 0 aliphatic carbocycles. The third kappa shape index (κ3) is 5.40. The summed E-state index contributed by atoms with van der Waals surface area (Å²) in [4.78, 5) is 43.7. The molecule has 178 valence electrons. The number of carbonyl (C=O) groups excluding carboxylic acids is 2. The Kier molecular flexibility index (Phi) is 7.18. The molecule has 0 spiro atoms. The normalized spacial score (nSPS) is 14.4. The lowest BCUT2D eigenvalue weighted by molar-refractivity contribution is -0.142. The Morgan fingerprint density at radius 1 is 1.03 bits per heavy atom. The van der Waals surface area contributed by atoms with Crippen LogP contribution in [0.2, 0.25) is 0 Å². The number of hydrogen-bond acceptors (Lipinski definition) is 7. The quantitative estimate of drug-likeness (QED) is 0.366. The van der Waals surface area contributed by atoms with Crippen molar-refractivity contribution >= 4 is 32.7 Å². The van der Waals surface area contributed by atoms with Crippen LogP contribution in [0.3, 0.4) is 0 Å². The summed E-state index contributed by atoms with van der Waals surface area (Å²) in [6.07, 6.45) is 2.54. The molecule has 1 fully saturated rings. The van der Waals surface area contributed by atoms with Gasteiger partial charge in [-0.25, -0.2) is 13.4 Å². The van der Waals surface area contributed by atoms with Crippen molar-refractivity contribution in [1.29, 1.82) is 0 Å². The van der Waals surface area contributed by atoms with Gasteiger partial charge in [0, 0.05) is 31.5 Å². The molecule has 1 N–H and O–H groups in total. The molecule has 9 nitrogen and oxygen atoms in total. The number of benzene rings is 2. The number of ketones is 1. The van der Waals surface area contributed by atoms with Crippen LogP contribution in [-0.4, -0.2) is 54.1 Å². The van der Waals surface area contributed by atoms with Crippen molar-refractivity contribution < 1.29 is 22.7 Å². The molecule has 1 aromatic heterocycles. The Bertz CT molecular complexity index is 1360. The van der Waals surface area contributed by atoms with Gasteiger partial charge < -0.3 is 9.72 Å². The highest BCUT2D eigenvalue weighted by Gasteiger charge is 2.27. The molecule has 0 radical (unpaired) electrons. The maximum absolute atomic E-state index is 12.6. The largest absolute Gasteiger partial charge is 0.457 e. The molecule has 0 amide bonds. The number of para-hydroxylation sites is 1.